The predicted octanol–water partition coefficient (Wildman–Crippen LogP) is 2.71. The normalized spacial score (nSPS) is 15.2. The lowest BCUT2D eigenvalue weighted by atomic mass is 10.2. The SMILES string of the molecule is Cc1ccc(S(=O)(=O)N2CCN(C(=O)c3nn(-c4ccccc4Cl)c(C)cc3=O)CC2)s1. The number of amides is 1. The molecule has 32 heavy (non-hydrogen) atoms. The van der Waals surface area contributed by atoms with E-state index in [0.29, 0.717) is 16.4 Å². The average Bonchev–Trinajstić information content (AvgIpc) is 3.21. The van der Waals surface area contributed by atoms with Gasteiger partial charge in [0.25, 0.3) is 15.9 Å². The van der Waals surface area contributed by atoms with Gasteiger partial charge in [0.15, 0.2) is 5.69 Å². The number of rotatable bonds is 4. The molecule has 0 spiro atoms. The first-order chi connectivity index (χ1) is 15.2. The summed E-state index contributed by atoms with van der Waals surface area (Å²) in [4.78, 5) is 28.0. The van der Waals surface area contributed by atoms with Crippen molar-refractivity contribution in [2.24, 2.45) is 0 Å². The molecule has 1 amide bonds. The quantitative estimate of drug-likeness (QED) is 0.558. The second kappa shape index (κ2) is 8.78. The molecule has 3 aromatic rings. The number of piperazine rings is 1. The molecule has 0 radical (unpaired) electrons. The van der Waals surface area contributed by atoms with Crippen molar-refractivity contribution in [2.75, 3.05) is 26.2 Å². The van der Waals surface area contributed by atoms with E-state index in [1.807, 2.05) is 6.92 Å². The summed E-state index contributed by atoms with van der Waals surface area (Å²) in [5.41, 5.74) is 0.394. The first-order valence-corrected chi connectivity index (χ1v) is 12.5. The number of halogens is 1. The summed E-state index contributed by atoms with van der Waals surface area (Å²) in [6, 6.07) is 11.7. The molecule has 0 aliphatic carbocycles. The molecule has 168 valence electrons. The van der Waals surface area contributed by atoms with Crippen LogP contribution in [-0.2, 0) is 10.0 Å². The molecule has 0 unspecified atom stereocenters. The number of hydrogen-bond donors (Lipinski definition) is 0. The summed E-state index contributed by atoms with van der Waals surface area (Å²) in [5.74, 6) is -0.528. The smallest absolute Gasteiger partial charge is 0.278 e. The lowest BCUT2D eigenvalue weighted by molar-refractivity contribution is 0.0688. The van der Waals surface area contributed by atoms with Crippen molar-refractivity contribution < 1.29 is 13.2 Å². The summed E-state index contributed by atoms with van der Waals surface area (Å²) in [7, 11) is -3.60. The topological polar surface area (TPSA) is 92.6 Å². The van der Waals surface area contributed by atoms with Crippen LogP contribution in [0.3, 0.4) is 0 Å². The van der Waals surface area contributed by atoms with Crippen LogP contribution in [-0.4, -0.2) is 59.5 Å². The number of carbonyl (C=O) groups is 1. The fourth-order valence-electron chi connectivity index (χ4n) is 3.52. The number of thiophene rings is 1. The monoisotopic (exact) mass is 492 g/mol. The Labute approximate surface area is 194 Å². The maximum atomic E-state index is 13.1. The molecule has 3 heterocycles. The molecule has 1 aliphatic heterocycles. The van der Waals surface area contributed by atoms with Crippen LogP contribution in [0.2, 0.25) is 5.02 Å². The van der Waals surface area contributed by atoms with E-state index in [0.717, 1.165) is 4.88 Å². The Hall–Kier alpha value is -2.53. The minimum absolute atomic E-state index is 0.148. The van der Waals surface area contributed by atoms with Gasteiger partial charge in [-0.3, -0.25) is 9.59 Å². The molecule has 8 nitrogen and oxygen atoms in total. The second-order valence-electron chi connectivity index (χ2n) is 7.42. The third-order valence-corrected chi connectivity index (χ3v) is 8.91. The number of hydrogen-bond acceptors (Lipinski definition) is 6. The molecule has 0 atom stereocenters. The minimum Gasteiger partial charge on any atom is -0.334 e. The van der Waals surface area contributed by atoms with Crippen LogP contribution in [0.4, 0.5) is 0 Å². The van der Waals surface area contributed by atoms with E-state index in [2.05, 4.69) is 5.10 Å². The number of nitrogens with zero attached hydrogens (tertiary/aromatic N) is 4. The van der Waals surface area contributed by atoms with Crippen LogP contribution < -0.4 is 5.43 Å². The summed E-state index contributed by atoms with van der Waals surface area (Å²) >= 11 is 7.49. The first-order valence-electron chi connectivity index (χ1n) is 9.90. The van der Waals surface area contributed by atoms with E-state index in [4.69, 9.17) is 11.6 Å². The molecular weight excluding hydrogens is 472 g/mol. The van der Waals surface area contributed by atoms with Crippen LogP contribution >= 0.6 is 22.9 Å². The molecule has 2 aromatic heterocycles. The van der Waals surface area contributed by atoms with Crippen LogP contribution in [0.5, 0.6) is 0 Å². The van der Waals surface area contributed by atoms with Crippen molar-refractivity contribution in [1.29, 1.82) is 0 Å². The predicted molar refractivity (Wildman–Crippen MR) is 123 cm³/mol. The Bertz CT molecular complexity index is 1340. The van der Waals surface area contributed by atoms with E-state index < -0.39 is 21.4 Å². The maximum Gasteiger partial charge on any atom is 0.278 e. The van der Waals surface area contributed by atoms with E-state index in [9.17, 15) is 18.0 Å². The average molecular weight is 493 g/mol. The van der Waals surface area contributed by atoms with Gasteiger partial charge in [-0.2, -0.15) is 9.40 Å². The first kappa shape index (κ1) is 22.7. The van der Waals surface area contributed by atoms with E-state index in [1.165, 1.54) is 31.3 Å². The molecule has 11 heteroatoms. The number of benzene rings is 1. The number of sulfonamides is 1. The Morgan fingerprint density at radius 1 is 1.06 bits per heavy atom. The van der Waals surface area contributed by atoms with Crippen LogP contribution in [0, 0.1) is 13.8 Å². The fourth-order valence-corrected chi connectivity index (χ4v) is 6.60. The van der Waals surface area contributed by atoms with Crippen molar-refractivity contribution in [2.45, 2.75) is 18.1 Å². The molecule has 4 rings (SSSR count). The Balaban J connectivity index is 1.56. The van der Waals surface area contributed by atoms with Crippen molar-refractivity contribution in [3.63, 3.8) is 0 Å². The standard InChI is InChI=1S/C21H21ClN4O4S2/c1-14-13-18(27)20(23-26(14)17-6-4-3-5-16(17)22)21(28)24-9-11-25(12-10-24)32(29,30)19-8-7-15(2)31-19/h3-8,13H,9-12H2,1-2H3. The van der Waals surface area contributed by atoms with Crippen molar-refractivity contribution in [1.82, 2.24) is 19.0 Å². The largest absolute Gasteiger partial charge is 0.334 e. The van der Waals surface area contributed by atoms with Crippen LogP contribution in [0.15, 0.2) is 51.5 Å². The zero-order valence-corrected chi connectivity index (χ0v) is 19.9. The van der Waals surface area contributed by atoms with Crippen molar-refractivity contribution in [3.8, 4) is 5.69 Å². The van der Waals surface area contributed by atoms with E-state index in [-0.39, 0.29) is 36.1 Å². The molecule has 0 N–H and O–H groups in total. The second-order valence-corrected chi connectivity index (χ2v) is 11.3. The molecule has 1 aromatic carbocycles. The zero-order valence-electron chi connectivity index (χ0n) is 17.5. The Morgan fingerprint density at radius 2 is 1.75 bits per heavy atom. The third kappa shape index (κ3) is 4.23. The molecule has 0 bridgehead atoms. The number of aryl methyl sites for hydroxylation is 2. The fraction of sp³-hybridized carbons (Fsp3) is 0.286. The lowest BCUT2D eigenvalue weighted by Gasteiger charge is -2.33. The summed E-state index contributed by atoms with van der Waals surface area (Å²) in [6.45, 7) is 4.20. The van der Waals surface area contributed by atoms with Gasteiger partial charge < -0.3 is 4.90 Å². The lowest BCUT2D eigenvalue weighted by Crippen LogP contribution is -2.51. The minimum atomic E-state index is -3.60. The highest BCUT2D eigenvalue weighted by molar-refractivity contribution is 7.91. The Morgan fingerprint density at radius 3 is 2.38 bits per heavy atom. The zero-order chi connectivity index (χ0) is 23.0. The number of carbonyl (C=O) groups excluding carboxylic acids is 1. The highest BCUT2D eigenvalue weighted by atomic mass is 35.5. The van der Waals surface area contributed by atoms with Crippen molar-refractivity contribution in [3.05, 3.63) is 74.0 Å². The van der Waals surface area contributed by atoms with Crippen LogP contribution in [0.1, 0.15) is 21.1 Å². The molecule has 0 saturated carbocycles. The van der Waals surface area contributed by atoms with E-state index >= 15 is 0 Å². The third-order valence-electron chi connectivity index (χ3n) is 5.23. The number of aromatic nitrogens is 2. The summed E-state index contributed by atoms with van der Waals surface area (Å²) in [5, 5.41) is 4.73. The van der Waals surface area contributed by atoms with Gasteiger partial charge in [-0.1, -0.05) is 23.7 Å². The van der Waals surface area contributed by atoms with Gasteiger partial charge in [0, 0.05) is 42.8 Å². The molecule has 1 aliphatic rings. The van der Waals surface area contributed by atoms with Gasteiger partial charge in [0.1, 0.15) is 4.21 Å². The summed E-state index contributed by atoms with van der Waals surface area (Å²) in [6.07, 6.45) is 0. The highest BCUT2D eigenvalue weighted by Crippen LogP contribution is 2.25. The highest BCUT2D eigenvalue weighted by Gasteiger charge is 2.32. The summed E-state index contributed by atoms with van der Waals surface area (Å²) < 4.78 is 28.8. The molecule has 1 fully saturated rings. The van der Waals surface area contributed by atoms with Gasteiger partial charge in [-0.25, -0.2) is 13.1 Å². The van der Waals surface area contributed by atoms with E-state index in [1.54, 1.807) is 43.3 Å². The van der Waals surface area contributed by atoms with Crippen LogP contribution in [0.25, 0.3) is 5.69 Å². The number of para-hydroxylation sites is 1. The Kier molecular flexibility index (Phi) is 6.22. The van der Waals surface area contributed by atoms with Gasteiger partial charge in [0.2, 0.25) is 5.43 Å². The van der Waals surface area contributed by atoms with Gasteiger partial charge >= 0.3 is 0 Å². The van der Waals surface area contributed by atoms with Gasteiger partial charge in [-0.15, -0.1) is 11.3 Å². The van der Waals surface area contributed by atoms with Gasteiger partial charge in [0.05, 0.1) is 10.7 Å². The van der Waals surface area contributed by atoms with Gasteiger partial charge in [-0.05, 0) is 38.1 Å². The van der Waals surface area contributed by atoms with Crippen molar-refractivity contribution >= 4 is 38.9 Å². The molecule has 1 saturated heterocycles. The molecular formula is C21H21ClN4O4S2. The maximum absolute atomic E-state index is 13.1.